The summed E-state index contributed by atoms with van der Waals surface area (Å²) in [6, 6.07) is 13.3. The molecule has 0 unspecified atom stereocenters. The van der Waals surface area contributed by atoms with Crippen molar-refractivity contribution in [3.05, 3.63) is 84.0 Å². The molecular weight excluding hydrogens is 315 g/mol. The monoisotopic (exact) mass is 330 g/mol. The Hall–Kier alpha value is -2.27. The van der Waals surface area contributed by atoms with E-state index in [2.05, 4.69) is 0 Å². The SMILES string of the molecule is O=C(C[C@@H](SCc1ccco1)c1ccc(F)cc1)c1ccco1. The van der Waals surface area contributed by atoms with Crippen LogP contribution in [0, 0.1) is 5.82 Å². The fraction of sp³-hybridized carbons (Fsp3) is 0.167. The van der Waals surface area contributed by atoms with Crippen LogP contribution in [0.4, 0.5) is 4.39 Å². The number of carbonyl (C=O) groups is 1. The van der Waals surface area contributed by atoms with E-state index in [1.807, 2.05) is 12.1 Å². The smallest absolute Gasteiger partial charge is 0.199 e. The molecule has 0 fully saturated rings. The Kier molecular flexibility index (Phi) is 4.98. The van der Waals surface area contributed by atoms with Crippen molar-refractivity contribution in [2.75, 3.05) is 0 Å². The van der Waals surface area contributed by atoms with Gasteiger partial charge in [0.2, 0.25) is 0 Å². The highest BCUT2D eigenvalue weighted by atomic mass is 32.2. The van der Waals surface area contributed by atoms with Gasteiger partial charge in [0.25, 0.3) is 0 Å². The summed E-state index contributed by atoms with van der Waals surface area (Å²) >= 11 is 1.59. The first-order chi connectivity index (χ1) is 11.2. The molecule has 0 aliphatic carbocycles. The zero-order valence-corrected chi connectivity index (χ0v) is 13.1. The zero-order valence-electron chi connectivity index (χ0n) is 12.3. The Bertz CT molecular complexity index is 733. The molecular formula is C18H15FO3S. The molecule has 2 heterocycles. The maximum absolute atomic E-state index is 13.1. The van der Waals surface area contributed by atoms with Crippen LogP contribution in [0.5, 0.6) is 0 Å². The molecule has 3 nitrogen and oxygen atoms in total. The second kappa shape index (κ2) is 7.33. The van der Waals surface area contributed by atoms with Crippen molar-refractivity contribution >= 4 is 17.5 Å². The van der Waals surface area contributed by atoms with E-state index >= 15 is 0 Å². The number of benzene rings is 1. The van der Waals surface area contributed by atoms with E-state index in [0.717, 1.165) is 11.3 Å². The van der Waals surface area contributed by atoms with Gasteiger partial charge in [-0.3, -0.25) is 4.79 Å². The topological polar surface area (TPSA) is 43.4 Å². The zero-order chi connectivity index (χ0) is 16.1. The molecule has 3 aromatic rings. The first-order valence-corrected chi connectivity index (χ1v) is 8.23. The lowest BCUT2D eigenvalue weighted by Crippen LogP contribution is -2.05. The van der Waals surface area contributed by atoms with Gasteiger partial charge in [0.1, 0.15) is 11.6 Å². The summed E-state index contributed by atoms with van der Waals surface area (Å²) in [5.74, 6) is 1.46. The Balaban J connectivity index is 1.74. The number of rotatable bonds is 7. The summed E-state index contributed by atoms with van der Waals surface area (Å²) in [7, 11) is 0. The number of carbonyl (C=O) groups excluding carboxylic acids is 1. The fourth-order valence-electron chi connectivity index (χ4n) is 2.23. The van der Waals surface area contributed by atoms with E-state index in [-0.39, 0.29) is 23.3 Å². The van der Waals surface area contributed by atoms with Crippen LogP contribution in [0.25, 0.3) is 0 Å². The molecule has 2 aromatic heterocycles. The average molecular weight is 330 g/mol. The van der Waals surface area contributed by atoms with Crippen LogP contribution in [-0.2, 0) is 5.75 Å². The summed E-state index contributed by atoms with van der Waals surface area (Å²) in [6.07, 6.45) is 3.39. The average Bonchev–Trinajstić information content (AvgIpc) is 3.25. The molecule has 0 aliphatic rings. The number of ketones is 1. The molecule has 0 spiro atoms. The predicted molar refractivity (Wildman–Crippen MR) is 86.8 cm³/mol. The van der Waals surface area contributed by atoms with E-state index in [9.17, 15) is 9.18 Å². The summed E-state index contributed by atoms with van der Waals surface area (Å²) in [5.41, 5.74) is 0.905. The fourth-order valence-corrected chi connectivity index (χ4v) is 3.38. The minimum Gasteiger partial charge on any atom is -0.468 e. The van der Waals surface area contributed by atoms with E-state index < -0.39 is 0 Å². The van der Waals surface area contributed by atoms with Crippen molar-refractivity contribution in [1.29, 1.82) is 0 Å². The first kappa shape index (κ1) is 15.6. The van der Waals surface area contributed by atoms with Crippen LogP contribution >= 0.6 is 11.8 Å². The summed E-state index contributed by atoms with van der Waals surface area (Å²) in [6.45, 7) is 0. The molecule has 3 rings (SSSR count). The van der Waals surface area contributed by atoms with Crippen LogP contribution < -0.4 is 0 Å². The van der Waals surface area contributed by atoms with E-state index in [1.165, 1.54) is 18.4 Å². The van der Waals surface area contributed by atoms with Crippen LogP contribution in [0.2, 0.25) is 0 Å². The number of furan rings is 2. The maximum atomic E-state index is 13.1. The largest absolute Gasteiger partial charge is 0.468 e. The van der Waals surface area contributed by atoms with Crippen molar-refractivity contribution in [2.45, 2.75) is 17.4 Å². The molecule has 5 heteroatoms. The third-order valence-electron chi connectivity index (χ3n) is 3.42. The number of Topliss-reactive ketones (excluding diaryl/α,β-unsaturated/α-hetero) is 1. The molecule has 0 N–H and O–H groups in total. The van der Waals surface area contributed by atoms with Gasteiger partial charge in [-0.05, 0) is 42.0 Å². The lowest BCUT2D eigenvalue weighted by molar-refractivity contribution is 0.0955. The third kappa shape index (κ3) is 4.13. The van der Waals surface area contributed by atoms with Crippen molar-refractivity contribution in [2.24, 2.45) is 0 Å². The highest BCUT2D eigenvalue weighted by Crippen LogP contribution is 2.35. The van der Waals surface area contributed by atoms with Gasteiger partial charge < -0.3 is 8.83 Å². The van der Waals surface area contributed by atoms with Crippen LogP contribution in [0.15, 0.2) is 69.9 Å². The highest BCUT2D eigenvalue weighted by molar-refractivity contribution is 7.98. The molecule has 0 saturated heterocycles. The number of thioether (sulfide) groups is 1. The summed E-state index contributed by atoms with van der Waals surface area (Å²) in [4.78, 5) is 12.3. The molecule has 0 amide bonds. The van der Waals surface area contributed by atoms with Crippen LogP contribution in [0.1, 0.15) is 33.5 Å². The minimum absolute atomic E-state index is 0.0729. The van der Waals surface area contributed by atoms with Crippen molar-refractivity contribution in [3.63, 3.8) is 0 Å². The number of hydrogen-bond acceptors (Lipinski definition) is 4. The molecule has 1 atom stereocenters. The van der Waals surface area contributed by atoms with Gasteiger partial charge in [-0.15, -0.1) is 11.8 Å². The molecule has 0 saturated carbocycles. The first-order valence-electron chi connectivity index (χ1n) is 7.18. The Labute approximate surface area is 137 Å². The quantitative estimate of drug-likeness (QED) is 0.554. The van der Waals surface area contributed by atoms with Gasteiger partial charge in [0.05, 0.1) is 18.3 Å². The highest BCUT2D eigenvalue weighted by Gasteiger charge is 2.20. The standard InChI is InChI=1S/C18H15FO3S/c19-14-7-5-13(6-8-14)18(23-12-15-3-1-9-21-15)11-16(20)17-4-2-10-22-17/h1-10,18H,11-12H2/t18-/m1/s1. The van der Waals surface area contributed by atoms with Gasteiger partial charge >= 0.3 is 0 Å². The molecule has 118 valence electrons. The Morgan fingerprint density at radius 3 is 2.43 bits per heavy atom. The molecule has 0 bridgehead atoms. The van der Waals surface area contributed by atoms with Crippen LogP contribution in [0.3, 0.4) is 0 Å². The number of halogens is 1. The van der Waals surface area contributed by atoms with Gasteiger partial charge in [0.15, 0.2) is 11.5 Å². The van der Waals surface area contributed by atoms with Gasteiger partial charge in [0, 0.05) is 11.7 Å². The Morgan fingerprint density at radius 1 is 1.04 bits per heavy atom. The predicted octanol–water partition coefficient (Wildman–Crippen LogP) is 5.26. The normalized spacial score (nSPS) is 12.2. The lowest BCUT2D eigenvalue weighted by Gasteiger charge is -2.15. The second-order valence-electron chi connectivity index (χ2n) is 5.04. The van der Waals surface area contributed by atoms with Gasteiger partial charge in [-0.25, -0.2) is 4.39 Å². The van der Waals surface area contributed by atoms with Crippen molar-refractivity contribution < 1.29 is 18.0 Å². The van der Waals surface area contributed by atoms with E-state index in [1.54, 1.807) is 42.3 Å². The lowest BCUT2D eigenvalue weighted by atomic mass is 10.1. The molecule has 1 aromatic carbocycles. The molecule has 0 radical (unpaired) electrons. The summed E-state index contributed by atoms with van der Waals surface area (Å²) < 4.78 is 23.6. The third-order valence-corrected chi connectivity index (χ3v) is 4.71. The molecule has 0 aliphatic heterocycles. The van der Waals surface area contributed by atoms with Gasteiger partial charge in [-0.1, -0.05) is 12.1 Å². The number of hydrogen-bond donors (Lipinski definition) is 0. The Morgan fingerprint density at radius 2 is 1.78 bits per heavy atom. The molecule has 23 heavy (non-hydrogen) atoms. The van der Waals surface area contributed by atoms with Crippen molar-refractivity contribution in [3.8, 4) is 0 Å². The summed E-state index contributed by atoms with van der Waals surface area (Å²) in [5, 5.41) is -0.0988. The van der Waals surface area contributed by atoms with Crippen molar-refractivity contribution in [1.82, 2.24) is 0 Å². The maximum Gasteiger partial charge on any atom is 0.199 e. The van der Waals surface area contributed by atoms with Gasteiger partial charge in [-0.2, -0.15) is 0 Å². The van der Waals surface area contributed by atoms with E-state index in [0.29, 0.717) is 11.5 Å². The van der Waals surface area contributed by atoms with E-state index in [4.69, 9.17) is 8.83 Å². The second-order valence-corrected chi connectivity index (χ2v) is 6.23. The van der Waals surface area contributed by atoms with Crippen LogP contribution in [-0.4, -0.2) is 5.78 Å². The minimum atomic E-state index is -0.291.